The molecule has 10 rings (SSSR count). The van der Waals surface area contributed by atoms with Crippen molar-refractivity contribution in [3.63, 3.8) is 0 Å². The molecule has 6 heteroatoms. The minimum atomic E-state index is -1.54. The Bertz CT molecular complexity index is 2940. The monoisotopic (exact) mass is 834 g/mol. The average Bonchev–Trinajstić information content (AvgIpc) is 3.30. The van der Waals surface area contributed by atoms with Crippen LogP contribution in [0.2, 0.25) is 39.3 Å². The average molecular weight is 835 g/mol. The highest BCUT2D eigenvalue weighted by molar-refractivity contribution is 6.89. The van der Waals surface area contributed by atoms with Gasteiger partial charge in [-0.15, -0.1) is 0 Å². The molecule has 0 unspecified atom stereocenters. The van der Waals surface area contributed by atoms with Crippen LogP contribution < -0.4 is 20.2 Å². The van der Waals surface area contributed by atoms with E-state index in [0.29, 0.717) is 0 Å². The summed E-state index contributed by atoms with van der Waals surface area (Å²) in [6.45, 7) is 14.4. The Hall–Kier alpha value is -6.87. The van der Waals surface area contributed by atoms with Crippen molar-refractivity contribution in [1.82, 2.24) is 9.97 Å². The van der Waals surface area contributed by atoms with E-state index in [2.05, 4.69) is 219 Å². The normalized spacial score (nSPS) is 12.0. The van der Waals surface area contributed by atoms with Gasteiger partial charge in [0.1, 0.15) is 11.6 Å². The Balaban J connectivity index is 1.34. The number of nitrogens with zero attached hydrogens (tertiary/aromatic N) is 4. The number of benzene rings is 8. The smallest absolute Gasteiger partial charge is 0.137 e. The number of rotatable bonds is 10. The molecule has 0 amide bonds. The van der Waals surface area contributed by atoms with E-state index in [1.807, 2.05) is 24.5 Å². The molecule has 10 aromatic rings. The van der Waals surface area contributed by atoms with Gasteiger partial charge in [0.25, 0.3) is 0 Å². The Morgan fingerprint density at radius 3 is 1.05 bits per heavy atom. The predicted molar refractivity (Wildman–Crippen MR) is 272 cm³/mol. The van der Waals surface area contributed by atoms with Gasteiger partial charge in [-0.3, -0.25) is 9.80 Å². The Morgan fingerprint density at radius 2 is 0.710 bits per heavy atom. The quantitative estimate of drug-likeness (QED) is 0.101. The number of hydrogen-bond donors (Lipinski definition) is 0. The van der Waals surface area contributed by atoms with Crippen molar-refractivity contribution >= 4 is 93.2 Å². The second-order valence-electron chi connectivity index (χ2n) is 18.3. The fourth-order valence-electron chi connectivity index (χ4n) is 9.02. The van der Waals surface area contributed by atoms with Gasteiger partial charge in [0.05, 0.1) is 27.5 Å². The fourth-order valence-corrected chi connectivity index (χ4v) is 11.4. The van der Waals surface area contributed by atoms with Crippen LogP contribution in [0.4, 0.5) is 34.4 Å². The van der Waals surface area contributed by atoms with Crippen LogP contribution in [0.3, 0.4) is 0 Å². The Kier molecular flexibility index (Phi) is 9.85. The maximum Gasteiger partial charge on any atom is 0.137 e. The second-order valence-corrected chi connectivity index (χ2v) is 28.5. The topological polar surface area (TPSA) is 32.3 Å². The highest BCUT2D eigenvalue weighted by Gasteiger charge is 2.27. The van der Waals surface area contributed by atoms with Crippen LogP contribution in [0.25, 0.3) is 54.6 Å². The molecule has 0 atom stereocenters. The lowest BCUT2D eigenvalue weighted by Gasteiger charge is -2.30. The van der Waals surface area contributed by atoms with Crippen molar-refractivity contribution in [3.8, 4) is 22.3 Å². The molecule has 2 heterocycles. The first-order valence-electron chi connectivity index (χ1n) is 21.6. The molecule has 2 aromatic heterocycles. The van der Waals surface area contributed by atoms with Gasteiger partial charge in [-0.05, 0) is 93.7 Å². The zero-order valence-electron chi connectivity index (χ0n) is 36.3. The summed E-state index contributed by atoms with van der Waals surface area (Å²) >= 11 is 0. The van der Waals surface area contributed by atoms with Gasteiger partial charge in [-0.1, -0.05) is 171 Å². The van der Waals surface area contributed by atoms with Crippen LogP contribution in [-0.4, -0.2) is 26.1 Å². The van der Waals surface area contributed by atoms with Crippen LogP contribution >= 0.6 is 0 Å². The van der Waals surface area contributed by atoms with Crippen molar-refractivity contribution < 1.29 is 0 Å². The molecule has 0 aliphatic rings. The van der Waals surface area contributed by atoms with Gasteiger partial charge in [0.15, 0.2) is 0 Å². The lowest BCUT2D eigenvalue weighted by Crippen LogP contribution is -2.37. The summed E-state index contributed by atoms with van der Waals surface area (Å²) in [5.74, 6) is 1.74. The molecule has 62 heavy (non-hydrogen) atoms. The largest absolute Gasteiger partial charge is 0.294 e. The highest BCUT2D eigenvalue weighted by atomic mass is 28.3. The maximum atomic E-state index is 5.02. The Morgan fingerprint density at radius 1 is 0.355 bits per heavy atom. The molecular formula is C56H50N4Si2. The van der Waals surface area contributed by atoms with Crippen LogP contribution in [-0.2, 0) is 0 Å². The van der Waals surface area contributed by atoms with Crippen LogP contribution in [0.5, 0.6) is 0 Å². The minimum absolute atomic E-state index is 0.871. The first kappa shape index (κ1) is 39.3. The summed E-state index contributed by atoms with van der Waals surface area (Å²) in [6.07, 6.45) is 3.79. The van der Waals surface area contributed by atoms with Gasteiger partial charge in [-0.25, -0.2) is 9.97 Å². The van der Waals surface area contributed by atoms with Crippen molar-refractivity contribution in [2.75, 3.05) is 9.80 Å². The van der Waals surface area contributed by atoms with E-state index in [4.69, 9.17) is 9.97 Å². The van der Waals surface area contributed by atoms with E-state index >= 15 is 0 Å². The van der Waals surface area contributed by atoms with E-state index in [1.54, 1.807) is 0 Å². The zero-order chi connectivity index (χ0) is 42.6. The SMILES string of the molecule is C[Si](C)(C)c1ccc(N(c2ccccn2)c2cc(-c3ccccc3)c3ccc4c(N(c5ccc([Si](C)(C)C)cc5)c5ccccn5)cc(-c5ccccc5)c5ccc2c3c54)cc1. The standard InChI is InChI=1S/C56H50N4Si2/c1-61(2,3)43-27-23-41(24-28-43)59(53-21-13-15-35-57-53)51-37-49(39-17-9-7-10-18-39)45-32-34-48-52(38-50(40-19-11-8-12-20-40)46-31-33-47(51)55(45)56(46)48)60(54-22-14-16-36-58-54)42-25-29-44(30-26-42)62(4,5)6/h7-38H,1-6H3. The number of anilines is 6. The molecule has 0 spiro atoms. The predicted octanol–water partition coefficient (Wildman–Crippen LogP) is 14.7. The summed E-state index contributed by atoms with van der Waals surface area (Å²) in [5.41, 5.74) is 9.02. The fraction of sp³-hybridized carbons (Fsp3) is 0.107. The van der Waals surface area contributed by atoms with Gasteiger partial charge < -0.3 is 0 Å². The third kappa shape index (κ3) is 7.05. The van der Waals surface area contributed by atoms with Crippen molar-refractivity contribution in [1.29, 1.82) is 0 Å². The highest BCUT2D eigenvalue weighted by Crippen LogP contribution is 2.51. The van der Waals surface area contributed by atoms with Crippen LogP contribution in [0.1, 0.15) is 0 Å². The molecule has 0 radical (unpaired) electrons. The van der Waals surface area contributed by atoms with Crippen LogP contribution in [0.15, 0.2) is 194 Å². The molecule has 0 saturated heterocycles. The first-order chi connectivity index (χ1) is 30.0. The minimum Gasteiger partial charge on any atom is -0.294 e. The molecule has 0 bridgehead atoms. The molecule has 302 valence electrons. The van der Waals surface area contributed by atoms with Gasteiger partial charge >= 0.3 is 0 Å². The van der Waals surface area contributed by atoms with Gasteiger partial charge in [-0.2, -0.15) is 0 Å². The van der Waals surface area contributed by atoms with Crippen molar-refractivity contribution in [2.24, 2.45) is 0 Å². The zero-order valence-corrected chi connectivity index (χ0v) is 38.3. The molecule has 0 N–H and O–H groups in total. The summed E-state index contributed by atoms with van der Waals surface area (Å²) in [5, 5.41) is 10.1. The van der Waals surface area contributed by atoms with E-state index < -0.39 is 16.1 Å². The third-order valence-corrected chi connectivity index (χ3v) is 16.4. The summed E-state index contributed by atoms with van der Waals surface area (Å²) < 4.78 is 0. The van der Waals surface area contributed by atoms with Crippen molar-refractivity contribution in [2.45, 2.75) is 39.3 Å². The van der Waals surface area contributed by atoms with E-state index in [-0.39, 0.29) is 0 Å². The van der Waals surface area contributed by atoms with E-state index in [1.165, 1.54) is 54.2 Å². The summed E-state index contributed by atoms with van der Waals surface area (Å²) in [6, 6.07) is 66.7. The second kappa shape index (κ2) is 15.6. The number of aromatic nitrogens is 2. The lowest BCUT2D eigenvalue weighted by molar-refractivity contribution is 1.19. The molecule has 0 aliphatic carbocycles. The third-order valence-electron chi connectivity index (χ3n) is 12.2. The Labute approximate surface area is 367 Å². The number of hydrogen-bond acceptors (Lipinski definition) is 4. The lowest BCUT2D eigenvalue weighted by atomic mass is 9.85. The van der Waals surface area contributed by atoms with Gasteiger partial charge in [0.2, 0.25) is 0 Å². The first-order valence-corrected chi connectivity index (χ1v) is 28.6. The molecule has 8 aromatic carbocycles. The van der Waals surface area contributed by atoms with E-state index in [9.17, 15) is 0 Å². The molecule has 0 saturated carbocycles. The maximum absolute atomic E-state index is 5.02. The van der Waals surface area contributed by atoms with Gasteiger partial charge in [0, 0.05) is 45.3 Å². The molecule has 0 aliphatic heterocycles. The molecule has 4 nitrogen and oxygen atoms in total. The number of pyridine rings is 2. The van der Waals surface area contributed by atoms with Crippen molar-refractivity contribution in [3.05, 3.63) is 194 Å². The summed E-state index contributed by atoms with van der Waals surface area (Å²) in [7, 11) is -3.08. The summed E-state index contributed by atoms with van der Waals surface area (Å²) in [4.78, 5) is 14.7. The molecular weight excluding hydrogens is 785 g/mol. The molecule has 0 fully saturated rings. The van der Waals surface area contributed by atoms with Crippen LogP contribution in [0, 0.1) is 0 Å². The van der Waals surface area contributed by atoms with E-state index in [0.717, 1.165) is 45.2 Å².